The second kappa shape index (κ2) is 7.28. The maximum Gasteiger partial charge on any atom is 0.153 e. The summed E-state index contributed by atoms with van der Waals surface area (Å²) in [5.41, 5.74) is 6.62. The predicted molar refractivity (Wildman–Crippen MR) is 104 cm³/mol. The van der Waals surface area contributed by atoms with Crippen molar-refractivity contribution in [3.8, 4) is 16.9 Å². The van der Waals surface area contributed by atoms with Gasteiger partial charge in [-0.25, -0.2) is 9.07 Å². The molecule has 0 unspecified atom stereocenters. The molecule has 144 valence electrons. The number of ether oxygens (including phenoxy) is 1. The molecule has 0 radical (unpaired) electrons. The van der Waals surface area contributed by atoms with E-state index >= 15 is 0 Å². The van der Waals surface area contributed by atoms with Crippen molar-refractivity contribution in [3.63, 3.8) is 0 Å². The average Bonchev–Trinajstić information content (AvgIpc) is 2.88. The van der Waals surface area contributed by atoms with Crippen LogP contribution in [0.15, 0.2) is 30.3 Å². The lowest BCUT2D eigenvalue weighted by molar-refractivity contribution is 0.0735. The highest BCUT2D eigenvalue weighted by atomic mass is 19.1. The summed E-state index contributed by atoms with van der Waals surface area (Å²) < 4.78 is 21.5. The molecule has 2 aromatic heterocycles. The van der Waals surface area contributed by atoms with Crippen LogP contribution in [0.25, 0.3) is 16.9 Å². The van der Waals surface area contributed by atoms with E-state index < -0.39 is 5.82 Å². The Morgan fingerprint density at radius 1 is 1.21 bits per heavy atom. The van der Waals surface area contributed by atoms with E-state index in [-0.39, 0.29) is 11.7 Å². The van der Waals surface area contributed by atoms with Gasteiger partial charge in [-0.1, -0.05) is 0 Å². The number of rotatable bonds is 3. The second-order valence-corrected chi connectivity index (χ2v) is 7.28. The van der Waals surface area contributed by atoms with E-state index in [1.54, 1.807) is 12.1 Å². The summed E-state index contributed by atoms with van der Waals surface area (Å²) in [5.74, 6) is -0.533. The fourth-order valence-electron chi connectivity index (χ4n) is 3.82. The SMILES string of the molecule is Cc1cc(-c2nn(-c3ccc(F)c(C=O)c3)c3c2CCO[C@H](C)C3)cc(C)n1. The quantitative estimate of drug-likeness (QED) is 0.646. The predicted octanol–water partition coefficient (Wildman–Crippen LogP) is 4.01. The van der Waals surface area contributed by atoms with Gasteiger partial charge >= 0.3 is 0 Å². The zero-order valence-electron chi connectivity index (χ0n) is 16.2. The molecule has 5 nitrogen and oxygen atoms in total. The minimum atomic E-state index is -0.533. The molecular formula is C22H22FN3O2. The van der Waals surface area contributed by atoms with E-state index in [4.69, 9.17) is 9.84 Å². The highest BCUT2D eigenvalue weighted by Crippen LogP contribution is 2.32. The van der Waals surface area contributed by atoms with E-state index in [1.165, 1.54) is 6.07 Å². The third-order valence-electron chi connectivity index (χ3n) is 5.03. The fraction of sp³-hybridized carbons (Fsp3) is 0.318. The van der Waals surface area contributed by atoms with Crippen molar-refractivity contribution < 1.29 is 13.9 Å². The van der Waals surface area contributed by atoms with Gasteiger partial charge in [0.05, 0.1) is 35.3 Å². The summed E-state index contributed by atoms with van der Waals surface area (Å²) in [6, 6.07) is 8.55. The molecule has 1 aliphatic heterocycles. The average molecular weight is 379 g/mol. The van der Waals surface area contributed by atoms with Gasteiger partial charge in [0.15, 0.2) is 6.29 Å². The van der Waals surface area contributed by atoms with E-state index in [2.05, 4.69) is 4.98 Å². The first-order valence-electron chi connectivity index (χ1n) is 9.39. The molecule has 0 amide bonds. The van der Waals surface area contributed by atoms with Crippen molar-refractivity contribution in [1.29, 1.82) is 0 Å². The molecule has 6 heteroatoms. The van der Waals surface area contributed by atoms with Crippen LogP contribution in [0.3, 0.4) is 0 Å². The number of aldehydes is 1. The van der Waals surface area contributed by atoms with Gasteiger partial charge in [0.2, 0.25) is 0 Å². The smallest absolute Gasteiger partial charge is 0.153 e. The largest absolute Gasteiger partial charge is 0.378 e. The Balaban J connectivity index is 1.94. The third-order valence-corrected chi connectivity index (χ3v) is 5.03. The first-order valence-corrected chi connectivity index (χ1v) is 9.39. The zero-order valence-corrected chi connectivity index (χ0v) is 16.2. The molecule has 4 rings (SSSR count). The van der Waals surface area contributed by atoms with Gasteiger partial charge in [-0.3, -0.25) is 9.78 Å². The lowest BCUT2D eigenvalue weighted by Crippen LogP contribution is -2.13. The first kappa shape index (κ1) is 18.5. The molecule has 1 atom stereocenters. The summed E-state index contributed by atoms with van der Waals surface area (Å²) in [5, 5.41) is 4.89. The lowest BCUT2D eigenvalue weighted by atomic mass is 10.0. The van der Waals surface area contributed by atoms with E-state index in [9.17, 15) is 9.18 Å². The summed E-state index contributed by atoms with van der Waals surface area (Å²) in [6.07, 6.45) is 2.02. The van der Waals surface area contributed by atoms with Crippen LogP contribution in [0, 0.1) is 19.7 Å². The number of nitrogens with zero attached hydrogens (tertiary/aromatic N) is 3. The number of benzene rings is 1. The minimum absolute atomic E-state index is 0.0248. The molecule has 0 saturated heterocycles. The Bertz CT molecular complexity index is 1040. The maximum absolute atomic E-state index is 13.8. The van der Waals surface area contributed by atoms with Crippen LogP contribution < -0.4 is 0 Å². The maximum atomic E-state index is 13.8. The summed E-state index contributed by atoms with van der Waals surface area (Å²) in [4.78, 5) is 15.7. The molecule has 3 heterocycles. The van der Waals surface area contributed by atoms with Gasteiger partial charge in [0.1, 0.15) is 5.82 Å². The molecule has 0 fully saturated rings. The highest BCUT2D eigenvalue weighted by Gasteiger charge is 2.25. The Morgan fingerprint density at radius 2 is 1.96 bits per heavy atom. The van der Waals surface area contributed by atoms with Crippen LogP contribution in [-0.4, -0.2) is 33.8 Å². The molecule has 0 saturated carbocycles. The standard InChI is InChI=1S/C22H22FN3O2/c1-13-8-16(9-14(2)24-13)22-19-6-7-28-15(3)10-21(19)26(25-22)18-4-5-20(23)17(11-18)12-27/h4-5,8-9,11-12,15H,6-7,10H2,1-3H3/t15-/m1/s1. The molecule has 0 aliphatic carbocycles. The van der Waals surface area contributed by atoms with Crippen LogP contribution in [-0.2, 0) is 17.6 Å². The zero-order chi connectivity index (χ0) is 19.8. The van der Waals surface area contributed by atoms with Crippen molar-refractivity contribution in [2.24, 2.45) is 0 Å². The number of aromatic nitrogens is 3. The van der Waals surface area contributed by atoms with Crippen LogP contribution in [0.2, 0.25) is 0 Å². The van der Waals surface area contributed by atoms with Gasteiger partial charge in [0.25, 0.3) is 0 Å². The number of pyridine rings is 1. The molecule has 1 aromatic carbocycles. The molecular weight excluding hydrogens is 357 g/mol. The van der Waals surface area contributed by atoms with Crippen molar-refractivity contribution in [2.45, 2.75) is 39.7 Å². The van der Waals surface area contributed by atoms with Crippen LogP contribution in [0.4, 0.5) is 4.39 Å². The van der Waals surface area contributed by atoms with Crippen molar-refractivity contribution in [2.75, 3.05) is 6.61 Å². The van der Waals surface area contributed by atoms with Gasteiger partial charge in [-0.05, 0) is 57.5 Å². The number of fused-ring (bicyclic) bond motifs is 1. The normalized spacial score (nSPS) is 16.5. The Kier molecular flexibility index (Phi) is 4.81. The van der Waals surface area contributed by atoms with Crippen molar-refractivity contribution in [3.05, 3.63) is 64.4 Å². The fourth-order valence-corrected chi connectivity index (χ4v) is 3.82. The molecule has 0 spiro atoms. The van der Waals surface area contributed by atoms with Crippen LogP contribution >= 0.6 is 0 Å². The Hall–Kier alpha value is -2.86. The Morgan fingerprint density at radius 3 is 2.68 bits per heavy atom. The van der Waals surface area contributed by atoms with Crippen molar-refractivity contribution in [1.82, 2.24) is 14.8 Å². The molecule has 28 heavy (non-hydrogen) atoms. The lowest BCUT2D eigenvalue weighted by Gasteiger charge is -2.12. The monoisotopic (exact) mass is 379 g/mol. The molecule has 0 bridgehead atoms. The molecule has 0 N–H and O–H groups in total. The van der Waals surface area contributed by atoms with Gasteiger partial charge < -0.3 is 4.74 Å². The molecule has 3 aromatic rings. The van der Waals surface area contributed by atoms with E-state index in [0.717, 1.165) is 40.3 Å². The van der Waals surface area contributed by atoms with Gasteiger partial charge in [-0.15, -0.1) is 0 Å². The number of aryl methyl sites for hydroxylation is 2. The van der Waals surface area contributed by atoms with Crippen molar-refractivity contribution >= 4 is 6.29 Å². The summed E-state index contributed by atoms with van der Waals surface area (Å²) in [7, 11) is 0. The van der Waals surface area contributed by atoms with Crippen LogP contribution in [0.1, 0.15) is 39.9 Å². The second-order valence-electron chi connectivity index (χ2n) is 7.28. The number of halogens is 1. The van der Waals surface area contributed by atoms with Gasteiger partial charge in [0, 0.05) is 28.9 Å². The topological polar surface area (TPSA) is 57.0 Å². The number of carbonyl (C=O) groups excluding carboxylic acids is 1. The first-order chi connectivity index (χ1) is 13.5. The number of hydrogen-bond acceptors (Lipinski definition) is 4. The number of hydrogen-bond donors (Lipinski definition) is 0. The van der Waals surface area contributed by atoms with E-state index in [1.807, 2.05) is 37.6 Å². The van der Waals surface area contributed by atoms with Gasteiger partial charge in [-0.2, -0.15) is 5.10 Å². The number of carbonyl (C=O) groups is 1. The highest BCUT2D eigenvalue weighted by molar-refractivity contribution is 5.76. The summed E-state index contributed by atoms with van der Waals surface area (Å²) >= 11 is 0. The summed E-state index contributed by atoms with van der Waals surface area (Å²) in [6.45, 7) is 6.59. The third kappa shape index (κ3) is 3.36. The van der Waals surface area contributed by atoms with Crippen LogP contribution in [0.5, 0.6) is 0 Å². The van der Waals surface area contributed by atoms with E-state index in [0.29, 0.717) is 25.0 Å². The molecule has 1 aliphatic rings. The Labute approximate surface area is 163 Å². The minimum Gasteiger partial charge on any atom is -0.378 e.